The number of primary amides is 1. The van der Waals surface area contributed by atoms with Crippen molar-refractivity contribution in [2.45, 2.75) is 38.3 Å². The molecule has 1 amide bonds. The van der Waals surface area contributed by atoms with Crippen molar-refractivity contribution in [1.82, 2.24) is 4.90 Å². The third-order valence-electron chi connectivity index (χ3n) is 6.65. The lowest BCUT2D eigenvalue weighted by Gasteiger charge is -2.37. The Morgan fingerprint density at radius 2 is 1.84 bits per heavy atom. The second-order valence-corrected chi connectivity index (χ2v) is 8.98. The van der Waals surface area contributed by atoms with Gasteiger partial charge in [-0.15, -0.1) is 0 Å². The Labute approximate surface area is 185 Å². The van der Waals surface area contributed by atoms with E-state index in [9.17, 15) is 18.0 Å². The van der Waals surface area contributed by atoms with Gasteiger partial charge >= 0.3 is 6.18 Å². The quantitative estimate of drug-likeness (QED) is 0.692. The number of amides is 1. The Kier molecular flexibility index (Phi) is 7.71. The van der Waals surface area contributed by atoms with E-state index in [1.165, 1.54) is 6.07 Å². The van der Waals surface area contributed by atoms with Crippen LogP contribution in [0, 0.1) is 29.1 Å². The van der Waals surface area contributed by atoms with Gasteiger partial charge in [0.15, 0.2) is 0 Å². The highest BCUT2D eigenvalue weighted by Gasteiger charge is 2.34. The molecule has 1 atom stereocenters. The zero-order valence-electron chi connectivity index (χ0n) is 17.4. The fourth-order valence-electron chi connectivity index (χ4n) is 4.73. The molecular weight excluding hydrogens is 429 g/mol. The van der Waals surface area contributed by atoms with Gasteiger partial charge in [0.25, 0.3) is 0 Å². The number of nitrogens with two attached hydrogens (primary N) is 1. The molecule has 1 aliphatic heterocycles. The molecule has 0 radical (unpaired) electrons. The van der Waals surface area contributed by atoms with Crippen molar-refractivity contribution in [1.29, 1.82) is 5.26 Å². The molecule has 170 valence electrons. The number of hydrogen-bond acceptors (Lipinski definition) is 4. The molecule has 2 N–H and O–H groups in total. The summed E-state index contributed by atoms with van der Waals surface area (Å²) in [6.45, 7) is 3.91. The summed E-state index contributed by atoms with van der Waals surface area (Å²) in [6.07, 6.45) is 0.315. The fourth-order valence-corrected chi connectivity index (χ4v) is 4.96. The Balaban J connectivity index is 1.44. The Morgan fingerprint density at radius 3 is 2.39 bits per heavy atom. The lowest BCUT2D eigenvalue weighted by molar-refractivity contribution is -0.137. The van der Waals surface area contributed by atoms with Gasteiger partial charge in [-0.2, -0.15) is 18.4 Å². The summed E-state index contributed by atoms with van der Waals surface area (Å²) in [5, 5.41) is 8.86. The van der Waals surface area contributed by atoms with E-state index >= 15 is 0 Å². The van der Waals surface area contributed by atoms with E-state index in [0.717, 1.165) is 57.8 Å². The van der Waals surface area contributed by atoms with E-state index in [4.69, 9.17) is 22.6 Å². The van der Waals surface area contributed by atoms with Gasteiger partial charge in [-0.1, -0.05) is 24.4 Å². The van der Waals surface area contributed by atoms with Gasteiger partial charge in [0.1, 0.15) is 5.92 Å². The molecule has 2 fully saturated rings. The molecule has 2 aliphatic rings. The zero-order chi connectivity index (χ0) is 22.6. The van der Waals surface area contributed by atoms with Crippen molar-refractivity contribution in [3.8, 4) is 6.07 Å². The number of rotatable bonds is 6. The zero-order valence-corrected chi connectivity index (χ0v) is 18.1. The van der Waals surface area contributed by atoms with Crippen LogP contribution < -0.4 is 10.6 Å². The molecule has 0 spiro atoms. The molecule has 1 aromatic carbocycles. The second-order valence-electron chi connectivity index (χ2n) is 8.57. The van der Waals surface area contributed by atoms with Crippen LogP contribution in [-0.2, 0) is 11.0 Å². The van der Waals surface area contributed by atoms with Gasteiger partial charge in [-0.25, -0.2) is 0 Å². The van der Waals surface area contributed by atoms with Crippen LogP contribution in [0.15, 0.2) is 18.2 Å². The number of alkyl halides is 3. The standard InChI is InChI=1S/C22H28ClF3N4O/c23-20-6-5-17(13-19(20)22(24,25)26)30-11-9-29(10-12-30)8-7-15-1-3-16(4-2-15)18(14-27)21(28)31/h5-6,13,15-16,18H,1-4,7-12H2,(H2,28,31). The number of benzene rings is 1. The summed E-state index contributed by atoms with van der Waals surface area (Å²) < 4.78 is 39.3. The smallest absolute Gasteiger partial charge is 0.369 e. The van der Waals surface area contributed by atoms with E-state index in [-0.39, 0.29) is 10.9 Å². The summed E-state index contributed by atoms with van der Waals surface area (Å²) in [7, 11) is 0. The van der Waals surface area contributed by atoms with Gasteiger partial charge in [0.2, 0.25) is 5.91 Å². The van der Waals surface area contributed by atoms with Crippen LogP contribution in [-0.4, -0.2) is 43.5 Å². The number of halogens is 4. The summed E-state index contributed by atoms with van der Waals surface area (Å²) >= 11 is 5.72. The minimum absolute atomic E-state index is 0.0725. The maximum atomic E-state index is 13.1. The third-order valence-corrected chi connectivity index (χ3v) is 6.98. The monoisotopic (exact) mass is 456 g/mol. The van der Waals surface area contributed by atoms with Crippen LogP contribution in [0.5, 0.6) is 0 Å². The largest absolute Gasteiger partial charge is 0.417 e. The van der Waals surface area contributed by atoms with Crippen molar-refractivity contribution in [3.05, 3.63) is 28.8 Å². The van der Waals surface area contributed by atoms with E-state index < -0.39 is 23.6 Å². The molecule has 1 saturated heterocycles. The van der Waals surface area contributed by atoms with Gasteiger partial charge in [0.05, 0.1) is 16.7 Å². The molecule has 9 heteroatoms. The van der Waals surface area contributed by atoms with E-state index in [2.05, 4.69) is 4.90 Å². The number of carbonyl (C=O) groups excluding carboxylic acids is 1. The van der Waals surface area contributed by atoms with Crippen molar-refractivity contribution in [3.63, 3.8) is 0 Å². The molecule has 1 saturated carbocycles. The number of nitriles is 1. The van der Waals surface area contributed by atoms with Gasteiger partial charge in [-0.3, -0.25) is 9.69 Å². The van der Waals surface area contributed by atoms with Crippen molar-refractivity contribution >= 4 is 23.2 Å². The Morgan fingerprint density at radius 1 is 1.19 bits per heavy atom. The van der Waals surface area contributed by atoms with Crippen LogP contribution in [0.2, 0.25) is 5.02 Å². The van der Waals surface area contributed by atoms with Crippen molar-refractivity contribution in [2.75, 3.05) is 37.6 Å². The number of nitrogens with zero attached hydrogens (tertiary/aromatic N) is 3. The SMILES string of the molecule is N#CC(C(N)=O)C1CCC(CCN2CCN(c3ccc(Cl)c(C(F)(F)F)c3)CC2)CC1. The predicted molar refractivity (Wildman–Crippen MR) is 113 cm³/mol. The van der Waals surface area contributed by atoms with Crippen LogP contribution >= 0.6 is 11.6 Å². The molecule has 0 aromatic heterocycles. The molecule has 31 heavy (non-hydrogen) atoms. The van der Waals surface area contributed by atoms with Gasteiger partial charge in [0, 0.05) is 31.9 Å². The van der Waals surface area contributed by atoms with E-state index in [1.54, 1.807) is 6.07 Å². The van der Waals surface area contributed by atoms with Crippen LogP contribution in [0.1, 0.15) is 37.7 Å². The number of hydrogen-bond donors (Lipinski definition) is 1. The molecule has 1 heterocycles. The number of piperazine rings is 1. The minimum Gasteiger partial charge on any atom is -0.369 e. The predicted octanol–water partition coefficient (Wildman–Crippen LogP) is 4.30. The topological polar surface area (TPSA) is 73.4 Å². The molecule has 5 nitrogen and oxygen atoms in total. The van der Waals surface area contributed by atoms with E-state index in [1.807, 2.05) is 11.0 Å². The maximum Gasteiger partial charge on any atom is 0.417 e. The lowest BCUT2D eigenvalue weighted by atomic mass is 9.75. The van der Waals surface area contributed by atoms with Crippen molar-refractivity contribution < 1.29 is 18.0 Å². The first kappa shape index (κ1) is 23.7. The first-order valence-corrected chi connectivity index (χ1v) is 11.1. The molecule has 0 bridgehead atoms. The first-order valence-electron chi connectivity index (χ1n) is 10.7. The highest BCUT2D eigenvalue weighted by Crippen LogP contribution is 2.37. The number of carbonyl (C=O) groups is 1. The summed E-state index contributed by atoms with van der Waals surface area (Å²) in [4.78, 5) is 15.7. The molecule has 1 aliphatic carbocycles. The molecule has 1 unspecified atom stereocenters. The minimum atomic E-state index is -4.46. The fraction of sp³-hybridized carbons (Fsp3) is 0.636. The average molecular weight is 457 g/mol. The Hall–Kier alpha value is -1.98. The molecular formula is C22H28ClF3N4O. The Bertz CT molecular complexity index is 810. The first-order chi connectivity index (χ1) is 14.7. The van der Waals surface area contributed by atoms with Crippen molar-refractivity contribution in [2.24, 2.45) is 23.5 Å². The molecule has 1 aromatic rings. The second kappa shape index (κ2) is 10.1. The van der Waals surface area contributed by atoms with E-state index in [0.29, 0.717) is 24.7 Å². The average Bonchev–Trinajstić information content (AvgIpc) is 2.73. The highest BCUT2D eigenvalue weighted by atomic mass is 35.5. The number of anilines is 1. The summed E-state index contributed by atoms with van der Waals surface area (Å²) in [6, 6.07) is 6.14. The maximum absolute atomic E-state index is 13.1. The normalized spacial score (nSPS) is 23.9. The summed E-state index contributed by atoms with van der Waals surface area (Å²) in [5.74, 6) is -0.554. The van der Waals surface area contributed by atoms with Crippen LogP contribution in [0.3, 0.4) is 0 Å². The highest BCUT2D eigenvalue weighted by molar-refractivity contribution is 6.31. The third kappa shape index (κ3) is 6.05. The molecule has 3 rings (SSSR count). The van der Waals surface area contributed by atoms with Crippen LogP contribution in [0.25, 0.3) is 0 Å². The summed E-state index contributed by atoms with van der Waals surface area (Å²) in [5.41, 5.74) is 5.08. The lowest BCUT2D eigenvalue weighted by Crippen LogP contribution is -2.47. The van der Waals surface area contributed by atoms with Crippen LogP contribution in [0.4, 0.5) is 18.9 Å². The van der Waals surface area contributed by atoms with Gasteiger partial charge < -0.3 is 10.6 Å². The van der Waals surface area contributed by atoms with Gasteiger partial charge in [-0.05, 0) is 55.8 Å².